The van der Waals surface area contributed by atoms with Crippen molar-refractivity contribution in [3.8, 4) is 11.3 Å². The number of benzene rings is 1. The molecule has 14 heavy (non-hydrogen) atoms. The highest BCUT2D eigenvalue weighted by atomic mass is 127. The van der Waals surface area contributed by atoms with E-state index < -0.39 is 0 Å². The quantitative estimate of drug-likeness (QED) is 0.824. The molecule has 0 spiro atoms. The molecular weight excluding hydrogens is 291 g/mol. The van der Waals surface area contributed by atoms with Crippen LogP contribution in [0.25, 0.3) is 11.3 Å². The van der Waals surface area contributed by atoms with Crippen LogP contribution in [0, 0.1) is 10.5 Å². The first kappa shape index (κ1) is 9.51. The molecule has 2 N–H and O–H groups in total. The fourth-order valence-electron chi connectivity index (χ4n) is 1.25. The Morgan fingerprint density at radius 1 is 1.43 bits per heavy atom. The van der Waals surface area contributed by atoms with Crippen LogP contribution < -0.4 is 5.73 Å². The lowest BCUT2D eigenvalue weighted by Gasteiger charge is -1.97. The lowest BCUT2D eigenvalue weighted by atomic mass is 10.1. The summed E-state index contributed by atoms with van der Waals surface area (Å²) in [6.45, 7) is 1.90. The van der Waals surface area contributed by atoms with Crippen LogP contribution in [-0.4, -0.2) is 5.16 Å². The summed E-state index contributed by atoms with van der Waals surface area (Å²) in [5.41, 5.74) is 7.52. The Morgan fingerprint density at radius 2 is 2.21 bits per heavy atom. The number of hydrogen-bond donors (Lipinski definition) is 1. The van der Waals surface area contributed by atoms with Gasteiger partial charge in [0.25, 0.3) is 0 Å². The van der Waals surface area contributed by atoms with Gasteiger partial charge in [0.2, 0.25) is 0 Å². The molecule has 0 amide bonds. The van der Waals surface area contributed by atoms with Crippen molar-refractivity contribution < 1.29 is 4.52 Å². The van der Waals surface area contributed by atoms with E-state index in [2.05, 4.69) is 27.7 Å². The molecule has 3 nitrogen and oxygen atoms in total. The van der Waals surface area contributed by atoms with Crippen molar-refractivity contribution in [2.75, 3.05) is 5.73 Å². The summed E-state index contributed by atoms with van der Waals surface area (Å²) in [5.74, 6) is 1.21. The normalized spacial score (nSPS) is 10.4. The molecule has 72 valence electrons. The van der Waals surface area contributed by atoms with E-state index in [1.807, 2.05) is 31.2 Å². The highest BCUT2D eigenvalue weighted by molar-refractivity contribution is 14.1. The summed E-state index contributed by atoms with van der Waals surface area (Å²) in [7, 11) is 0. The second-order valence-electron chi connectivity index (χ2n) is 3.03. The van der Waals surface area contributed by atoms with E-state index in [-0.39, 0.29) is 0 Å². The number of aromatic nitrogens is 1. The van der Waals surface area contributed by atoms with Crippen molar-refractivity contribution in [3.05, 3.63) is 33.4 Å². The number of nitrogen functional groups attached to an aromatic ring is 1. The molecule has 0 atom stereocenters. The number of halogens is 1. The van der Waals surface area contributed by atoms with E-state index in [9.17, 15) is 0 Å². The van der Waals surface area contributed by atoms with Gasteiger partial charge in [-0.2, -0.15) is 0 Å². The van der Waals surface area contributed by atoms with Gasteiger partial charge in [-0.25, -0.2) is 0 Å². The average Bonchev–Trinajstić information content (AvgIpc) is 2.48. The van der Waals surface area contributed by atoms with E-state index in [4.69, 9.17) is 10.3 Å². The van der Waals surface area contributed by atoms with E-state index >= 15 is 0 Å². The van der Waals surface area contributed by atoms with Gasteiger partial charge < -0.3 is 10.3 Å². The lowest BCUT2D eigenvalue weighted by molar-refractivity contribution is 0.435. The number of rotatable bonds is 1. The molecule has 0 bridgehead atoms. The smallest absolute Gasteiger partial charge is 0.172 e. The minimum Gasteiger partial charge on any atom is -0.381 e. The third-order valence-corrected chi connectivity index (χ3v) is 2.72. The molecule has 1 heterocycles. The maximum absolute atomic E-state index is 5.61. The first-order valence-corrected chi connectivity index (χ1v) is 5.24. The maximum Gasteiger partial charge on any atom is 0.172 e. The predicted molar refractivity (Wildman–Crippen MR) is 63.8 cm³/mol. The van der Waals surface area contributed by atoms with Gasteiger partial charge in [0.1, 0.15) is 0 Å². The van der Waals surface area contributed by atoms with Crippen LogP contribution in [0.5, 0.6) is 0 Å². The molecule has 0 aliphatic rings. The van der Waals surface area contributed by atoms with Crippen LogP contribution in [0.2, 0.25) is 0 Å². The summed E-state index contributed by atoms with van der Waals surface area (Å²) in [6.07, 6.45) is 0. The minimum absolute atomic E-state index is 0.457. The largest absolute Gasteiger partial charge is 0.381 e. The molecule has 0 aliphatic heterocycles. The maximum atomic E-state index is 5.61. The molecule has 4 heteroatoms. The zero-order valence-corrected chi connectivity index (χ0v) is 9.78. The van der Waals surface area contributed by atoms with Gasteiger partial charge in [0.05, 0.1) is 0 Å². The number of hydrogen-bond acceptors (Lipinski definition) is 3. The lowest BCUT2D eigenvalue weighted by Crippen LogP contribution is -1.86. The standard InChI is InChI=1S/C10H9IN2O/c1-6-9(14-13-10(6)12)7-3-2-4-8(11)5-7/h2-5H,1H3,(H2,12,13). The zero-order valence-electron chi connectivity index (χ0n) is 7.62. The van der Waals surface area contributed by atoms with Crippen molar-refractivity contribution >= 4 is 28.4 Å². The second-order valence-corrected chi connectivity index (χ2v) is 4.28. The van der Waals surface area contributed by atoms with E-state index in [1.54, 1.807) is 0 Å². The van der Waals surface area contributed by atoms with Crippen molar-refractivity contribution in [1.82, 2.24) is 5.16 Å². The Hall–Kier alpha value is -1.04. The highest BCUT2D eigenvalue weighted by Crippen LogP contribution is 2.27. The third kappa shape index (κ3) is 1.61. The number of anilines is 1. The molecule has 0 saturated heterocycles. The fraction of sp³-hybridized carbons (Fsp3) is 0.100. The molecule has 1 aromatic carbocycles. The monoisotopic (exact) mass is 300 g/mol. The topological polar surface area (TPSA) is 52.0 Å². The van der Waals surface area contributed by atoms with Gasteiger partial charge in [-0.1, -0.05) is 17.3 Å². The molecule has 2 rings (SSSR count). The van der Waals surface area contributed by atoms with Crippen LogP contribution in [-0.2, 0) is 0 Å². The summed E-state index contributed by atoms with van der Waals surface area (Å²) >= 11 is 2.26. The molecule has 1 aromatic heterocycles. The minimum atomic E-state index is 0.457. The van der Waals surface area contributed by atoms with Crippen molar-refractivity contribution in [3.63, 3.8) is 0 Å². The summed E-state index contributed by atoms with van der Waals surface area (Å²) in [5, 5.41) is 3.72. The third-order valence-electron chi connectivity index (χ3n) is 2.05. The second kappa shape index (κ2) is 3.61. The van der Waals surface area contributed by atoms with Crippen LogP contribution in [0.4, 0.5) is 5.82 Å². The SMILES string of the molecule is Cc1c(N)noc1-c1cccc(I)c1. The summed E-state index contributed by atoms with van der Waals surface area (Å²) in [6, 6.07) is 8.02. The van der Waals surface area contributed by atoms with Gasteiger partial charge in [0, 0.05) is 14.7 Å². The Morgan fingerprint density at radius 3 is 2.79 bits per heavy atom. The van der Waals surface area contributed by atoms with Crippen molar-refractivity contribution in [2.24, 2.45) is 0 Å². The molecule has 0 radical (unpaired) electrons. The molecule has 0 aliphatic carbocycles. The molecule has 0 fully saturated rings. The van der Waals surface area contributed by atoms with Crippen LogP contribution in [0.1, 0.15) is 5.56 Å². The van der Waals surface area contributed by atoms with Crippen molar-refractivity contribution in [1.29, 1.82) is 0 Å². The summed E-state index contributed by atoms with van der Waals surface area (Å²) in [4.78, 5) is 0. The average molecular weight is 300 g/mol. The van der Waals surface area contributed by atoms with Gasteiger partial charge in [-0.15, -0.1) is 0 Å². The van der Waals surface area contributed by atoms with E-state index in [0.717, 1.165) is 20.5 Å². The number of nitrogens with zero attached hydrogens (tertiary/aromatic N) is 1. The molecule has 0 saturated carbocycles. The molecular formula is C10H9IN2O. The van der Waals surface area contributed by atoms with E-state index in [1.165, 1.54) is 0 Å². The van der Waals surface area contributed by atoms with E-state index in [0.29, 0.717) is 5.82 Å². The van der Waals surface area contributed by atoms with Gasteiger partial charge in [-0.3, -0.25) is 0 Å². The summed E-state index contributed by atoms with van der Waals surface area (Å²) < 4.78 is 6.32. The van der Waals surface area contributed by atoms with Gasteiger partial charge in [0.15, 0.2) is 11.6 Å². The fourth-order valence-corrected chi connectivity index (χ4v) is 1.79. The Labute approximate surface area is 95.4 Å². The van der Waals surface area contributed by atoms with Crippen LogP contribution in [0.15, 0.2) is 28.8 Å². The first-order chi connectivity index (χ1) is 6.68. The zero-order chi connectivity index (χ0) is 10.1. The Balaban J connectivity index is 2.55. The van der Waals surface area contributed by atoms with Crippen LogP contribution >= 0.6 is 22.6 Å². The van der Waals surface area contributed by atoms with Gasteiger partial charge in [-0.05, 0) is 41.6 Å². The van der Waals surface area contributed by atoms with Crippen molar-refractivity contribution in [2.45, 2.75) is 6.92 Å². The molecule has 0 unspecified atom stereocenters. The number of nitrogens with two attached hydrogens (primary N) is 1. The van der Waals surface area contributed by atoms with Crippen LogP contribution in [0.3, 0.4) is 0 Å². The first-order valence-electron chi connectivity index (χ1n) is 4.16. The molecule has 2 aromatic rings. The predicted octanol–water partition coefficient (Wildman–Crippen LogP) is 2.84. The Bertz CT molecular complexity index is 465. The Kier molecular flexibility index (Phi) is 2.45. The highest BCUT2D eigenvalue weighted by Gasteiger charge is 2.10. The van der Waals surface area contributed by atoms with Gasteiger partial charge >= 0.3 is 0 Å².